The average Bonchev–Trinajstić information content (AvgIpc) is 3.21. The van der Waals surface area contributed by atoms with Gasteiger partial charge in [0.05, 0.1) is 18.3 Å². The third-order valence-electron chi connectivity index (χ3n) is 5.80. The molecule has 1 aromatic heterocycles. The molecule has 0 saturated heterocycles. The van der Waals surface area contributed by atoms with E-state index in [4.69, 9.17) is 21.1 Å². The van der Waals surface area contributed by atoms with Gasteiger partial charge in [-0.05, 0) is 67.9 Å². The number of methoxy groups -OCH3 is 1. The first-order valence-electron chi connectivity index (χ1n) is 11.8. The van der Waals surface area contributed by atoms with Gasteiger partial charge < -0.3 is 19.4 Å². The second-order valence-corrected chi connectivity index (χ2v) is 8.84. The minimum Gasteiger partial charge on any atom is -0.495 e. The van der Waals surface area contributed by atoms with E-state index in [-0.39, 0.29) is 0 Å². The van der Waals surface area contributed by atoms with Gasteiger partial charge in [-0.1, -0.05) is 41.9 Å². The zero-order valence-electron chi connectivity index (χ0n) is 21.2. The molecule has 194 valence electrons. The second-order valence-electron chi connectivity index (χ2n) is 8.43. The number of aromatic nitrogens is 1. The number of anilines is 1. The summed E-state index contributed by atoms with van der Waals surface area (Å²) in [5.41, 5.74) is 7.26. The van der Waals surface area contributed by atoms with Gasteiger partial charge in [0.1, 0.15) is 18.1 Å². The van der Waals surface area contributed by atoms with Crippen molar-refractivity contribution >= 4 is 35.3 Å². The van der Waals surface area contributed by atoms with E-state index < -0.39 is 11.8 Å². The van der Waals surface area contributed by atoms with Crippen LogP contribution in [-0.4, -0.2) is 29.7 Å². The van der Waals surface area contributed by atoms with E-state index in [9.17, 15) is 9.59 Å². The van der Waals surface area contributed by atoms with Crippen molar-refractivity contribution in [1.29, 1.82) is 0 Å². The number of hydrogen-bond acceptors (Lipinski definition) is 5. The molecular weight excluding hydrogens is 504 g/mol. The van der Waals surface area contributed by atoms with Crippen LogP contribution in [0.4, 0.5) is 5.69 Å². The molecule has 0 unspecified atom stereocenters. The smallest absolute Gasteiger partial charge is 0.329 e. The van der Waals surface area contributed by atoms with Gasteiger partial charge in [-0.25, -0.2) is 5.43 Å². The van der Waals surface area contributed by atoms with Crippen molar-refractivity contribution < 1.29 is 19.1 Å². The number of hydrogen-bond donors (Lipinski definition) is 2. The third kappa shape index (κ3) is 6.41. The highest BCUT2D eigenvalue weighted by Gasteiger charge is 2.14. The number of ether oxygens (including phenoxy) is 2. The molecule has 0 aliphatic carbocycles. The maximum Gasteiger partial charge on any atom is 0.329 e. The van der Waals surface area contributed by atoms with Crippen LogP contribution in [-0.2, 0) is 16.2 Å². The first-order chi connectivity index (χ1) is 18.4. The van der Waals surface area contributed by atoms with E-state index in [1.54, 1.807) is 37.4 Å². The molecule has 3 aromatic carbocycles. The summed E-state index contributed by atoms with van der Waals surface area (Å²) in [6.07, 6.45) is 1.49. The number of nitrogens with zero attached hydrogens (tertiary/aromatic N) is 2. The molecule has 38 heavy (non-hydrogen) atoms. The topological polar surface area (TPSA) is 94.0 Å². The fourth-order valence-electron chi connectivity index (χ4n) is 3.88. The number of hydrazone groups is 1. The summed E-state index contributed by atoms with van der Waals surface area (Å²) < 4.78 is 13.0. The molecular formula is C29H27ClN4O4. The minimum atomic E-state index is -0.888. The first kappa shape index (κ1) is 26.5. The van der Waals surface area contributed by atoms with E-state index in [0.29, 0.717) is 28.8 Å². The lowest BCUT2D eigenvalue weighted by atomic mass is 10.2. The van der Waals surface area contributed by atoms with E-state index in [1.807, 2.05) is 66.9 Å². The van der Waals surface area contributed by atoms with Gasteiger partial charge >= 0.3 is 11.8 Å². The summed E-state index contributed by atoms with van der Waals surface area (Å²) in [5.74, 6) is -0.483. The van der Waals surface area contributed by atoms with E-state index >= 15 is 0 Å². The highest BCUT2D eigenvalue weighted by atomic mass is 35.5. The maximum atomic E-state index is 12.3. The Balaban J connectivity index is 1.32. The summed E-state index contributed by atoms with van der Waals surface area (Å²) in [7, 11) is 1.56. The van der Waals surface area contributed by atoms with Crippen molar-refractivity contribution in [2.45, 2.75) is 20.5 Å². The average molecular weight is 531 g/mol. The fraction of sp³-hybridized carbons (Fsp3) is 0.138. The fourth-order valence-corrected chi connectivity index (χ4v) is 4.14. The molecule has 4 rings (SSSR count). The minimum absolute atomic E-state index is 0.434. The van der Waals surface area contributed by atoms with Crippen LogP contribution >= 0.6 is 11.6 Å². The van der Waals surface area contributed by atoms with Gasteiger partial charge in [0.15, 0.2) is 0 Å². The van der Waals surface area contributed by atoms with Crippen LogP contribution in [0.5, 0.6) is 11.5 Å². The third-order valence-corrected chi connectivity index (χ3v) is 6.10. The largest absolute Gasteiger partial charge is 0.495 e. The number of carbonyl (C=O) groups excluding carboxylic acids is 2. The number of benzene rings is 3. The standard InChI is InChI=1S/C29H27ClN4O4/c1-19-15-22(20(2)34(19)24-11-14-27(37-3)26(30)16-24)17-31-33-29(36)28(35)32-23-9-12-25(13-10-23)38-18-21-7-5-4-6-8-21/h4-17H,18H2,1-3H3,(H,32,35)(H,33,36)/b31-17-. The SMILES string of the molecule is COc1ccc(-n2c(C)cc(/C=N\NC(=O)C(=O)Nc3ccc(OCc4ccccc4)cc3)c2C)cc1Cl. The quantitative estimate of drug-likeness (QED) is 0.180. The zero-order valence-corrected chi connectivity index (χ0v) is 22.0. The number of halogens is 1. The Morgan fingerprint density at radius 1 is 0.974 bits per heavy atom. The van der Waals surface area contributed by atoms with Crippen molar-refractivity contribution in [1.82, 2.24) is 9.99 Å². The molecule has 0 saturated carbocycles. The molecule has 4 aromatic rings. The van der Waals surface area contributed by atoms with Crippen LogP contribution in [0.3, 0.4) is 0 Å². The van der Waals surface area contributed by atoms with E-state index in [2.05, 4.69) is 15.8 Å². The van der Waals surface area contributed by atoms with Crippen molar-refractivity contribution in [2.75, 3.05) is 12.4 Å². The molecule has 0 atom stereocenters. The Morgan fingerprint density at radius 2 is 1.71 bits per heavy atom. The van der Waals surface area contributed by atoms with Crippen molar-refractivity contribution in [2.24, 2.45) is 5.10 Å². The van der Waals surface area contributed by atoms with Crippen molar-refractivity contribution in [3.63, 3.8) is 0 Å². The Kier molecular flexibility index (Phi) is 8.45. The summed E-state index contributed by atoms with van der Waals surface area (Å²) in [5, 5.41) is 7.01. The summed E-state index contributed by atoms with van der Waals surface area (Å²) >= 11 is 6.29. The number of nitrogens with one attached hydrogen (secondary N) is 2. The Labute approximate surface area is 225 Å². The van der Waals surface area contributed by atoms with Gasteiger partial charge in [-0.3, -0.25) is 9.59 Å². The molecule has 0 radical (unpaired) electrons. The van der Waals surface area contributed by atoms with Gasteiger partial charge in [-0.15, -0.1) is 0 Å². The van der Waals surface area contributed by atoms with Crippen molar-refractivity contribution in [3.8, 4) is 17.2 Å². The first-order valence-corrected chi connectivity index (χ1v) is 12.2. The summed E-state index contributed by atoms with van der Waals surface area (Å²) in [6, 6.07) is 24.0. The van der Waals surface area contributed by atoms with E-state index in [1.165, 1.54) is 6.21 Å². The molecule has 2 N–H and O–H groups in total. The van der Waals surface area contributed by atoms with Gasteiger partial charge in [-0.2, -0.15) is 5.10 Å². The zero-order chi connectivity index (χ0) is 27.1. The van der Waals surface area contributed by atoms with Crippen LogP contribution in [0, 0.1) is 13.8 Å². The number of carbonyl (C=O) groups is 2. The van der Waals surface area contributed by atoms with Crippen LogP contribution in [0.2, 0.25) is 5.02 Å². The molecule has 2 amide bonds. The van der Waals surface area contributed by atoms with Crippen LogP contribution in [0.25, 0.3) is 5.69 Å². The van der Waals surface area contributed by atoms with Gasteiger partial charge in [0.25, 0.3) is 0 Å². The number of amides is 2. The molecule has 0 fully saturated rings. The summed E-state index contributed by atoms with van der Waals surface area (Å²) in [4.78, 5) is 24.5. The van der Waals surface area contributed by atoms with Gasteiger partial charge in [0.2, 0.25) is 0 Å². The monoisotopic (exact) mass is 530 g/mol. The van der Waals surface area contributed by atoms with Gasteiger partial charge in [0, 0.05) is 28.3 Å². The predicted molar refractivity (Wildman–Crippen MR) is 148 cm³/mol. The Hall–Kier alpha value is -4.56. The van der Waals surface area contributed by atoms with Crippen LogP contribution in [0.15, 0.2) is 84.0 Å². The molecule has 8 nitrogen and oxygen atoms in total. The van der Waals surface area contributed by atoms with E-state index in [0.717, 1.165) is 28.2 Å². The van der Waals surface area contributed by atoms with Crippen molar-refractivity contribution in [3.05, 3.63) is 106 Å². The molecule has 0 bridgehead atoms. The van der Waals surface area contributed by atoms with Crippen LogP contribution in [0.1, 0.15) is 22.5 Å². The molecule has 0 aliphatic rings. The molecule has 0 spiro atoms. The lowest BCUT2D eigenvalue weighted by Gasteiger charge is -2.11. The lowest BCUT2D eigenvalue weighted by molar-refractivity contribution is -0.136. The molecule has 9 heteroatoms. The second kappa shape index (κ2) is 12.1. The lowest BCUT2D eigenvalue weighted by Crippen LogP contribution is -2.32. The molecule has 0 aliphatic heterocycles. The summed E-state index contributed by atoms with van der Waals surface area (Å²) in [6.45, 7) is 4.31. The van der Waals surface area contributed by atoms with Crippen LogP contribution < -0.4 is 20.2 Å². The number of rotatable bonds is 8. The Bertz CT molecular complexity index is 1460. The predicted octanol–water partition coefficient (Wildman–Crippen LogP) is 5.42. The maximum absolute atomic E-state index is 12.3. The molecule has 1 heterocycles. The Morgan fingerprint density at radius 3 is 2.39 bits per heavy atom. The highest BCUT2D eigenvalue weighted by molar-refractivity contribution is 6.39. The number of aryl methyl sites for hydroxylation is 1. The highest BCUT2D eigenvalue weighted by Crippen LogP contribution is 2.29. The normalized spacial score (nSPS) is 10.8.